The van der Waals surface area contributed by atoms with Crippen molar-refractivity contribution in [3.8, 4) is 17.0 Å². The maximum atomic E-state index is 14.3. The van der Waals surface area contributed by atoms with Gasteiger partial charge in [0, 0.05) is 42.9 Å². The van der Waals surface area contributed by atoms with Gasteiger partial charge < -0.3 is 31.1 Å². The van der Waals surface area contributed by atoms with Gasteiger partial charge in [0.25, 0.3) is 0 Å². The molecule has 2 aromatic carbocycles. The molecule has 10 nitrogen and oxygen atoms in total. The van der Waals surface area contributed by atoms with Crippen LogP contribution in [0.15, 0.2) is 48.5 Å². The number of fused-ring (bicyclic) bond motifs is 1. The van der Waals surface area contributed by atoms with E-state index < -0.39 is 24.3 Å². The molecular weight excluding hydrogens is 589 g/mol. The zero-order valence-corrected chi connectivity index (χ0v) is 24.7. The summed E-state index contributed by atoms with van der Waals surface area (Å²) in [6.07, 6.45) is -3.30. The molecular formula is C32H35F3N6O4. The molecule has 2 unspecified atom stereocenters. The number of aliphatic carboxylic acids is 1. The third-order valence-electron chi connectivity index (χ3n) is 9.33. The van der Waals surface area contributed by atoms with E-state index in [-0.39, 0.29) is 34.8 Å². The van der Waals surface area contributed by atoms with Gasteiger partial charge in [0.05, 0.1) is 0 Å². The van der Waals surface area contributed by atoms with E-state index in [1.807, 2.05) is 24.0 Å². The maximum absolute atomic E-state index is 14.3. The van der Waals surface area contributed by atoms with E-state index in [2.05, 4.69) is 20.6 Å². The number of halogens is 3. The number of nitrogens with one attached hydrogen (secondary N) is 2. The smallest absolute Gasteiger partial charge is 0.429 e. The molecule has 0 bridgehead atoms. The number of ether oxygens (including phenoxy) is 1. The minimum Gasteiger partial charge on any atom is -0.480 e. The number of carbonyl (C=O) groups excluding carboxylic acids is 1. The fraction of sp³-hybridized carbons (Fsp3) is 0.438. The second kappa shape index (κ2) is 11.8. The molecule has 1 spiro atoms. The fourth-order valence-electron chi connectivity index (χ4n) is 6.98. The summed E-state index contributed by atoms with van der Waals surface area (Å²) in [5, 5.41) is 15.6. The Morgan fingerprint density at radius 1 is 1.11 bits per heavy atom. The molecule has 3 aliphatic heterocycles. The standard InChI is InChI=1S/C32H35F3N6O4/c1-2-24-31(17-23(37-24)29(43)44)11-13-41(14-12-31)25-16-27(40-30(36)39-25)45-28(32(33,34)35)19-5-3-18(4-6-19)20-7-9-22-21(15-20)8-10-26(42)38-22/h3-7,9,15-16,23-24,28,37H,2,8,10-14,17H2,1H3,(H,38,42)(H,43,44)(H2,36,39,40)/t23?,24?,28-/m1/s1. The number of anilines is 3. The van der Waals surface area contributed by atoms with Gasteiger partial charge in [-0.1, -0.05) is 37.3 Å². The quantitative estimate of drug-likeness (QED) is 0.282. The normalized spacial score (nSPS) is 21.7. The number of rotatable bonds is 7. The molecule has 3 atom stereocenters. The Hall–Kier alpha value is -4.39. The number of nitrogen functional groups attached to an aromatic ring is 1. The van der Waals surface area contributed by atoms with Crippen molar-refractivity contribution in [1.29, 1.82) is 0 Å². The predicted octanol–water partition coefficient (Wildman–Crippen LogP) is 5.10. The molecule has 3 aliphatic rings. The Balaban J connectivity index is 1.18. The fourth-order valence-corrected chi connectivity index (χ4v) is 6.98. The van der Waals surface area contributed by atoms with E-state index in [0.717, 1.165) is 28.8 Å². The third kappa shape index (κ3) is 6.26. The summed E-state index contributed by atoms with van der Waals surface area (Å²) in [6, 6.07) is 12.4. The first kappa shape index (κ1) is 30.6. The zero-order chi connectivity index (χ0) is 31.9. The van der Waals surface area contributed by atoms with E-state index in [0.29, 0.717) is 51.0 Å². The Labute approximate surface area is 258 Å². The number of hydrogen-bond acceptors (Lipinski definition) is 8. The summed E-state index contributed by atoms with van der Waals surface area (Å²) in [5.74, 6) is -1.03. The van der Waals surface area contributed by atoms with Gasteiger partial charge in [-0.15, -0.1) is 0 Å². The lowest BCUT2D eigenvalue weighted by atomic mass is 9.71. The first-order chi connectivity index (χ1) is 21.4. The second-order valence-corrected chi connectivity index (χ2v) is 12.1. The predicted molar refractivity (Wildman–Crippen MR) is 162 cm³/mol. The van der Waals surface area contributed by atoms with Crippen LogP contribution in [0, 0.1) is 5.41 Å². The molecule has 0 saturated carbocycles. The van der Waals surface area contributed by atoms with Crippen molar-refractivity contribution in [2.24, 2.45) is 5.41 Å². The SMILES string of the molecule is CCC1NC(C(=O)O)CC12CCN(c1cc(O[C@H](c3ccc(-c4ccc5c(c4)CCC(=O)N5)cc3)C(F)(F)F)nc(N)n1)CC2. The van der Waals surface area contributed by atoms with Crippen molar-refractivity contribution < 1.29 is 32.6 Å². The van der Waals surface area contributed by atoms with Crippen LogP contribution in [0.4, 0.5) is 30.6 Å². The highest BCUT2D eigenvalue weighted by atomic mass is 19.4. The van der Waals surface area contributed by atoms with Gasteiger partial charge in [-0.25, -0.2) is 0 Å². The molecule has 238 valence electrons. The van der Waals surface area contributed by atoms with Crippen molar-refractivity contribution in [2.75, 3.05) is 29.0 Å². The van der Waals surface area contributed by atoms with Crippen LogP contribution in [0.5, 0.6) is 5.88 Å². The molecule has 2 fully saturated rings. The molecule has 0 radical (unpaired) electrons. The molecule has 3 aromatic rings. The lowest BCUT2D eigenvalue weighted by molar-refractivity contribution is -0.198. The van der Waals surface area contributed by atoms with Crippen molar-refractivity contribution in [1.82, 2.24) is 15.3 Å². The molecule has 13 heteroatoms. The molecule has 2 saturated heterocycles. The summed E-state index contributed by atoms with van der Waals surface area (Å²) >= 11 is 0. The van der Waals surface area contributed by atoms with Crippen LogP contribution in [0.25, 0.3) is 11.1 Å². The monoisotopic (exact) mass is 624 g/mol. The van der Waals surface area contributed by atoms with E-state index in [1.165, 1.54) is 18.2 Å². The molecule has 45 heavy (non-hydrogen) atoms. The average Bonchev–Trinajstić information content (AvgIpc) is 3.37. The summed E-state index contributed by atoms with van der Waals surface area (Å²) in [5.41, 5.74) is 8.95. The average molecular weight is 625 g/mol. The molecule has 1 aromatic heterocycles. The van der Waals surface area contributed by atoms with Crippen LogP contribution in [0.2, 0.25) is 0 Å². The highest BCUT2D eigenvalue weighted by molar-refractivity contribution is 5.94. The Bertz CT molecular complexity index is 1590. The number of carboxylic acid groups (broad SMARTS) is 1. The van der Waals surface area contributed by atoms with Gasteiger partial charge in [0.1, 0.15) is 11.9 Å². The minimum atomic E-state index is -4.74. The Morgan fingerprint density at radius 3 is 2.49 bits per heavy atom. The van der Waals surface area contributed by atoms with Gasteiger partial charge in [0.15, 0.2) is 0 Å². The van der Waals surface area contributed by atoms with Crippen molar-refractivity contribution in [3.05, 3.63) is 59.7 Å². The highest BCUT2D eigenvalue weighted by Gasteiger charge is 2.50. The molecule has 5 N–H and O–H groups in total. The van der Waals surface area contributed by atoms with Crippen LogP contribution < -0.4 is 26.0 Å². The first-order valence-corrected chi connectivity index (χ1v) is 15.1. The van der Waals surface area contributed by atoms with Crippen molar-refractivity contribution >= 4 is 29.3 Å². The van der Waals surface area contributed by atoms with Crippen LogP contribution in [0.1, 0.15) is 56.3 Å². The number of amides is 1. The lowest BCUT2D eigenvalue weighted by Crippen LogP contribution is -2.46. The Morgan fingerprint density at radius 2 is 1.82 bits per heavy atom. The number of nitrogens with two attached hydrogens (primary N) is 1. The number of benzene rings is 2. The van der Waals surface area contributed by atoms with Crippen LogP contribution >= 0.6 is 0 Å². The van der Waals surface area contributed by atoms with Gasteiger partial charge in [-0.3, -0.25) is 9.59 Å². The number of aromatic nitrogens is 2. The van der Waals surface area contributed by atoms with E-state index in [1.54, 1.807) is 18.2 Å². The number of carboxylic acids is 1. The maximum Gasteiger partial charge on any atom is 0.429 e. The number of hydrogen-bond donors (Lipinski definition) is 4. The Kier molecular flexibility index (Phi) is 8.06. The number of piperidine rings is 1. The third-order valence-corrected chi connectivity index (χ3v) is 9.33. The summed E-state index contributed by atoms with van der Waals surface area (Å²) in [7, 11) is 0. The van der Waals surface area contributed by atoms with Gasteiger partial charge >= 0.3 is 12.1 Å². The van der Waals surface area contributed by atoms with Crippen LogP contribution in [-0.4, -0.2) is 58.3 Å². The van der Waals surface area contributed by atoms with Crippen LogP contribution in [-0.2, 0) is 16.0 Å². The number of nitrogens with zero attached hydrogens (tertiary/aromatic N) is 3. The van der Waals surface area contributed by atoms with Crippen LogP contribution in [0.3, 0.4) is 0 Å². The first-order valence-electron chi connectivity index (χ1n) is 15.1. The van der Waals surface area contributed by atoms with Gasteiger partial charge in [-0.2, -0.15) is 23.1 Å². The van der Waals surface area contributed by atoms with E-state index in [4.69, 9.17) is 10.5 Å². The van der Waals surface area contributed by atoms with Gasteiger partial charge in [-0.05, 0) is 66.3 Å². The van der Waals surface area contributed by atoms with Gasteiger partial charge in [0.2, 0.25) is 23.8 Å². The van der Waals surface area contributed by atoms with E-state index in [9.17, 15) is 27.9 Å². The molecule has 1 amide bonds. The summed E-state index contributed by atoms with van der Waals surface area (Å²) in [6.45, 7) is 3.12. The number of carbonyl (C=O) groups is 2. The number of alkyl halides is 3. The van der Waals surface area contributed by atoms with Crippen molar-refractivity contribution in [2.45, 2.75) is 69.8 Å². The highest BCUT2D eigenvalue weighted by Crippen LogP contribution is 2.46. The largest absolute Gasteiger partial charge is 0.480 e. The molecule has 0 aliphatic carbocycles. The van der Waals surface area contributed by atoms with Crippen molar-refractivity contribution in [3.63, 3.8) is 0 Å². The summed E-state index contributed by atoms with van der Waals surface area (Å²) < 4.78 is 48.5. The number of aryl methyl sites for hydroxylation is 1. The molecule has 4 heterocycles. The lowest BCUT2D eigenvalue weighted by Gasteiger charge is -2.43. The topological polar surface area (TPSA) is 143 Å². The second-order valence-electron chi connectivity index (χ2n) is 12.1. The zero-order valence-electron chi connectivity index (χ0n) is 24.7. The van der Waals surface area contributed by atoms with E-state index >= 15 is 0 Å². The summed E-state index contributed by atoms with van der Waals surface area (Å²) in [4.78, 5) is 33.5. The molecule has 6 rings (SSSR count). The minimum absolute atomic E-state index is 0.0397.